The first-order valence-electron chi connectivity index (χ1n) is 5.85. The molecule has 1 atom stereocenters. The summed E-state index contributed by atoms with van der Waals surface area (Å²) in [5.74, 6) is -0.0542. The van der Waals surface area contributed by atoms with Crippen molar-refractivity contribution in [2.45, 2.75) is 19.4 Å². The monoisotopic (exact) mass is 357 g/mol. The van der Waals surface area contributed by atoms with Crippen LogP contribution in [0.1, 0.15) is 22.2 Å². The van der Waals surface area contributed by atoms with Crippen molar-refractivity contribution in [3.63, 3.8) is 0 Å². The van der Waals surface area contributed by atoms with E-state index < -0.39 is 0 Å². The average Bonchev–Trinajstić information content (AvgIpc) is 2.78. The Bertz CT molecular complexity index is 584. The fourth-order valence-corrected chi connectivity index (χ4v) is 3.46. The van der Waals surface area contributed by atoms with Crippen LogP contribution in [0.15, 0.2) is 40.2 Å². The van der Waals surface area contributed by atoms with E-state index in [2.05, 4.69) is 21.2 Å². The SMILES string of the molecule is CC(Cc1ccccc1Cl)NC(=O)c1sccc1Br. The number of halogens is 2. The minimum Gasteiger partial charge on any atom is -0.349 e. The van der Waals surface area contributed by atoms with Crippen molar-refractivity contribution in [1.82, 2.24) is 5.32 Å². The van der Waals surface area contributed by atoms with Gasteiger partial charge < -0.3 is 5.32 Å². The second-order valence-electron chi connectivity index (χ2n) is 4.27. The molecular weight excluding hydrogens is 346 g/mol. The highest BCUT2D eigenvalue weighted by Gasteiger charge is 2.14. The molecule has 2 rings (SSSR count). The number of hydrogen-bond acceptors (Lipinski definition) is 2. The fourth-order valence-electron chi connectivity index (χ4n) is 1.79. The smallest absolute Gasteiger partial charge is 0.262 e. The first kappa shape index (κ1) is 14.6. The van der Waals surface area contributed by atoms with E-state index in [9.17, 15) is 4.79 Å². The summed E-state index contributed by atoms with van der Waals surface area (Å²) >= 11 is 10.9. The quantitative estimate of drug-likeness (QED) is 0.855. The Morgan fingerprint density at radius 1 is 1.42 bits per heavy atom. The minimum absolute atomic E-state index is 0.0291. The van der Waals surface area contributed by atoms with Crippen LogP contribution >= 0.6 is 38.9 Å². The summed E-state index contributed by atoms with van der Waals surface area (Å²) in [7, 11) is 0. The second kappa shape index (κ2) is 6.55. The largest absolute Gasteiger partial charge is 0.349 e. The number of benzene rings is 1. The number of nitrogens with one attached hydrogen (secondary N) is 1. The maximum atomic E-state index is 12.0. The van der Waals surface area contributed by atoms with E-state index in [1.54, 1.807) is 0 Å². The van der Waals surface area contributed by atoms with Crippen molar-refractivity contribution in [2.24, 2.45) is 0 Å². The standard InChI is InChI=1S/C14H13BrClNOS/c1-9(8-10-4-2-3-5-12(10)16)17-14(18)13-11(15)6-7-19-13/h2-7,9H,8H2,1H3,(H,17,18). The first-order chi connectivity index (χ1) is 9.08. The Morgan fingerprint density at radius 3 is 2.79 bits per heavy atom. The van der Waals surface area contributed by atoms with E-state index in [0.717, 1.165) is 15.1 Å². The molecule has 0 aliphatic rings. The highest BCUT2D eigenvalue weighted by Crippen LogP contribution is 2.23. The molecule has 0 fully saturated rings. The minimum atomic E-state index is -0.0542. The van der Waals surface area contributed by atoms with E-state index >= 15 is 0 Å². The molecule has 19 heavy (non-hydrogen) atoms. The van der Waals surface area contributed by atoms with E-state index in [-0.39, 0.29) is 11.9 Å². The number of carbonyl (C=O) groups excluding carboxylic acids is 1. The third-order valence-corrected chi connectivity index (χ3v) is 4.89. The van der Waals surface area contributed by atoms with Gasteiger partial charge in [-0.05, 0) is 52.4 Å². The lowest BCUT2D eigenvalue weighted by atomic mass is 10.1. The number of thiophene rings is 1. The lowest BCUT2D eigenvalue weighted by Gasteiger charge is -2.14. The molecule has 0 spiro atoms. The summed E-state index contributed by atoms with van der Waals surface area (Å²) in [6, 6.07) is 9.59. The molecule has 0 aliphatic heterocycles. The van der Waals surface area contributed by atoms with Crippen molar-refractivity contribution in [3.8, 4) is 0 Å². The summed E-state index contributed by atoms with van der Waals surface area (Å²) in [6.07, 6.45) is 0.717. The Balaban J connectivity index is 1.99. The molecule has 1 heterocycles. The van der Waals surface area contributed by atoms with Crippen molar-refractivity contribution in [2.75, 3.05) is 0 Å². The van der Waals surface area contributed by atoms with Crippen LogP contribution in [0.5, 0.6) is 0 Å². The van der Waals surface area contributed by atoms with Crippen LogP contribution in [0.2, 0.25) is 5.02 Å². The molecule has 0 radical (unpaired) electrons. The third kappa shape index (κ3) is 3.81. The number of rotatable bonds is 4. The molecule has 1 amide bonds. The molecule has 1 unspecified atom stereocenters. The van der Waals surface area contributed by atoms with Crippen LogP contribution in [0, 0.1) is 0 Å². The van der Waals surface area contributed by atoms with Gasteiger partial charge in [0.25, 0.3) is 5.91 Å². The zero-order valence-corrected chi connectivity index (χ0v) is 13.5. The third-order valence-electron chi connectivity index (χ3n) is 2.68. The van der Waals surface area contributed by atoms with E-state index in [1.807, 2.05) is 42.6 Å². The van der Waals surface area contributed by atoms with Gasteiger partial charge in [0.15, 0.2) is 0 Å². The molecule has 1 aromatic heterocycles. The summed E-state index contributed by atoms with van der Waals surface area (Å²) in [5.41, 5.74) is 1.04. The molecule has 2 aromatic rings. The van der Waals surface area contributed by atoms with Gasteiger partial charge in [0.2, 0.25) is 0 Å². The second-order valence-corrected chi connectivity index (χ2v) is 6.45. The molecule has 1 N–H and O–H groups in total. The Kier molecular flexibility index (Phi) is 5.02. The van der Waals surface area contributed by atoms with E-state index in [1.165, 1.54) is 11.3 Å². The zero-order chi connectivity index (χ0) is 13.8. The van der Waals surface area contributed by atoms with Crippen molar-refractivity contribution >= 4 is 44.8 Å². The first-order valence-corrected chi connectivity index (χ1v) is 7.90. The molecule has 0 saturated heterocycles. The molecule has 2 nitrogen and oxygen atoms in total. The van der Waals surface area contributed by atoms with Crippen molar-refractivity contribution < 1.29 is 4.79 Å². The zero-order valence-electron chi connectivity index (χ0n) is 10.3. The van der Waals surface area contributed by atoms with Crippen LogP contribution in [-0.2, 0) is 6.42 Å². The van der Waals surface area contributed by atoms with Gasteiger partial charge in [0.1, 0.15) is 4.88 Å². The number of hydrogen-bond donors (Lipinski definition) is 1. The van der Waals surface area contributed by atoms with Crippen LogP contribution in [-0.4, -0.2) is 11.9 Å². The molecule has 100 valence electrons. The number of amides is 1. The Hall–Kier alpha value is -0.840. The lowest BCUT2D eigenvalue weighted by Crippen LogP contribution is -2.33. The molecule has 0 saturated carbocycles. The summed E-state index contributed by atoms with van der Waals surface area (Å²) in [4.78, 5) is 12.7. The lowest BCUT2D eigenvalue weighted by molar-refractivity contribution is 0.0943. The Morgan fingerprint density at radius 2 is 2.16 bits per heavy atom. The Labute approximate surface area is 129 Å². The van der Waals surface area contributed by atoms with Crippen molar-refractivity contribution in [3.05, 3.63) is 55.6 Å². The average molecular weight is 359 g/mol. The van der Waals surface area contributed by atoms with Crippen LogP contribution in [0.4, 0.5) is 0 Å². The fraction of sp³-hybridized carbons (Fsp3) is 0.214. The predicted molar refractivity (Wildman–Crippen MR) is 84.1 cm³/mol. The van der Waals surface area contributed by atoms with Gasteiger partial charge in [0, 0.05) is 15.5 Å². The topological polar surface area (TPSA) is 29.1 Å². The summed E-state index contributed by atoms with van der Waals surface area (Å²) in [6.45, 7) is 1.97. The molecule has 0 bridgehead atoms. The summed E-state index contributed by atoms with van der Waals surface area (Å²) in [5, 5.41) is 5.61. The molecule has 1 aromatic carbocycles. The molecular formula is C14H13BrClNOS. The van der Waals surface area contributed by atoms with Crippen LogP contribution in [0.25, 0.3) is 0 Å². The highest BCUT2D eigenvalue weighted by molar-refractivity contribution is 9.10. The van der Waals surface area contributed by atoms with Crippen LogP contribution in [0.3, 0.4) is 0 Å². The van der Waals surface area contributed by atoms with Gasteiger partial charge in [0.05, 0.1) is 0 Å². The number of carbonyl (C=O) groups is 1. The maximum absolute atomic E-state index is 12.0. The normalized spacial score (nSPS) is 12.2. The summed E-state index contributed by atoms with van der Waals surface area (Å²) < 4.78 is 0.833. The predicted octanol–water partition coefficient (Wildman–Crippen LogP) is 4.53. The van der Waals surface area contributed by atoms with Crippen LogP contribution < -0.4 is 5.32 Å². The molecule has 0 aliphatic carbocycles. The van der Waals surface area contributed by atoms with Gasteiger partial charge in [-0.3, -0.25) is 4.79 Å². The van der Waals surface area contributed by atoms with Crippen molar-refractivity contribution in [1.29, 1.82) is 0 Å². The van der Waals surface area contributed by atoms with Gasteiger partial charge in [-0.25, -0.2) is 0 Å². The van der Waals surface area contributed by atoms with Gasteiger partial charge in [-0.1, -0.05) is 29.8 Å². The molecule has 5 heteroatoms. The highest BCUT2D eigenvalue weighted by atomic mass is 79.9. The van der Waals surface area contributed by atoms with Gasteiger partial charge >= 0.3 is 0 Å². The van der Waals surface area contributed by atoms with E-state index in [4.69, 9.17) is 11.6 Å². The van der Waals surface area contributed by atoms with Gasteiger partial charge in [-0.2, -0.15) is 0 Å². The van der Waals surface area contributed by atoms with Gasteiger partial charge in [-0.15, -0.1) is 11.3 Å². The van der Waals surface area contributed by atoms with E-state index in [0.29, 0.717) is 11.3 Å². The maximum Gasteiger partial charge on any atom is 0.262 e.